The highest BCUT2D eigenvalue weighted by molar-refractivity contribution is 5.05. The summed E-state index contributed by atoms with van der Waals surface area (Å²) in [5.74, 6) is 2.32. The predicted molar refractivity (Wildman–Crippen MR) is 72.3 cm³/mol. The number of aromatic amines is 2. The van der Waals surface area contributed by atoms with Crippen LogP contribution in [0.25, 0.3) is 0 Å². The lowest BCUT2D eigenvalue weighted by Crippen LogP contribution is -2.05. The van der Waals surface area contributed by atoms with Crippen LogP contribution < -0.4 is 0 Å². The molecule has 2 N–H and O–H groups in total. The zero-order valence-electron chi connectivity index (χ0n) is 11.4. The molecule has 1 unspecified atom stereocenters. The maximum Gasteiger partial charge on any atom is 0.106 e. The fraction of sp³-hybridized carbons (Fsp3) is 0.571. The Morgan fingerprint density at radius 3 is 2.67 bits per heavy atom. The van der Waals surface area contributed by atoms with Crippen molar-refractivity contribution >= 4 is 0 Å². The maximum atomic E-state index is 4.43. The highest BCUT2D eigenvalue weighted by Gasteiger charge is 2.09. The van der Waals surface area contributed by atoms with E-state index in [9.17, 15) is 0 Å². The third kappa shape index (κ3) is 3.72. The number of hydrogen-bond donors (Lipinski definition) is 2. The smallest absolute Gasteiger partial charge is 0.106 e. The van der Waals surface area contributed by atoms with Gasteiger partial charge in [0, 0.05) is 24.5 Å². The van der Waals surface area contributed by atoms with E-state index in [0.717, 1.165) is 30.8 Å². The Hall–Kier alpha value is -1.58. The lowest BCUT2D eigenvalue weighted by molar-refractivity contribution is 0.559. The van der Waals surface area contributed by atoms with Crippen molar-refractivity contribution in [2.24, 2.45) is 11.8 Å². The van der Waals surface area contributed by atoms with E-state index < -0.39 is 0 Å². The molecule has 0 fully saturated rings. The Morgan fingerprint density at radius 1 is 1.17 bits per heavy atom. The molecule has 4 nitrogen and oxygen atoms in total. The van der Waals surface area contributed by atoms with Gasteiger partial charge in [0.05, 0.1) is 5.69 Å². The minimum Gasteiger partial charge on any atom is -0.346 e. The van der Waals surface area contributed by atoms with Gasteiger partial charge in [0.15, 0.2) is 0 Å². The van der Waals surface area contributed by atoms with Crippen molar-refractivity contribution in [2.45, 2.75) is 40.0 Å². The van der Waals surface area contributed by atoms with Gasteiger partial charge >= 0.3 is 0 Å². The van der Waals surface area contributed by atoms with Crippen LogP contribution in [-0.4, -0.2) is 20.2 Å². The maximum absolute atomic E-state index is 4.43. The van der Waals surface area contributed by atoms with Gasteiger partial charge in [0.25, 0.3) is 0 Å². The summed E-state index contributed by atoms with van der Waals surface area (Å²) < 4.78 is 0. The molecule has 0 aromatic carbocycles. The Bertz CT molecular complexity index is 456. The molecule has 2 aromatic rings. The van der Waals surface area contributed by atoms with Crippen LogP contribution >= 0.6 is 0 Å². The van der Waals surface area contributed by atoms with Gasteiger partial charge in [-0.15, -0.1) is 0 Å². The van der Waals surface area contributed by atoms with Crippen LogP contribution in [0.1, 0.15) is 38.0 Å². The summed E-state index contributed by atoms with van der Waals surface area (Å²) >= 11 is 0. The molecule has 0 saturated heterocycles. The summed E-state index contributed by atoms with van der Waals surface area (Å²) in [5.41, 5.74) is 2.36. The molecule has 18 heavy (non-hydrogen) atoms. The first-order chi connectivity index (χ1) is 8.63. The topological polar surface area (TPSA) is 57.4 Å². The first-order valence-corrected chi connectivity index (χ1v) is 6.65. The molecule has 2 heterocycles. The van der Waals surface area contributed by atoms with E-state index in [4.69, 9.17) is 0 Å². The third-order valence-corrected chi connectivity index (χ3v) is 2.97. The lowest BCUT2D eigenvalue weighted by atomic mass is 10.0. The molecule has 0 amide bonds. The number of H-pyrrole nitrogens is 2. The fourth-order valence-corrected chi connectivity index (χ4v) is 2.21. The van der Waals surface area contributed by atoms with E-state index in [0.29, 0.717) is 11.8 Å². The van der Waals surface area contributed by atoms with Crippen molar-refractivity contribution in [3.05, 3.63) is 35.7 Å². The van der Waals surface area contributed by atoms with Gasteiger partial charge in [-0.3, -0.25) is 5.10 Å². The molecule has 0 aliphatic carbocycles. The van der Waals surface area contributed by atoms with Crippen LogP contribution in [0.2, 0.25) is 0 Å². The second-order valence-electron chi connectivity index (χ2n) is 5.53. The van der Waals surface area contributed by atoms with Crippen LogP contribution in [0.3, 0.4) is 0 Å². The summed E-state index contributed by atoms with van der Waals surface area (Å²) in [6.45, 7) is 6.67. The fourth-order valence-electron chi connectivity index (χ4n) is 2.21. The van der Waals surface area contributed by atoms with Crippen LogP contribution in [0.15, 0.2) is 18.5 Å². The first kappa shape index (κ1) is 12.9. The number of imidazole rings is 1. The van der Waals surface area contributed by atoms with Crippen molar-refractivity contribution in [2.75, 3.05) is 0 Å². The molecule has 98 valence electrons. The Balaban J connectivity index is 1.87. The lowest BCUT2D eigenvalue weighted by Gasteiger charge is -2.07. The van der Waals surface area contributed by atoms with E-state index >= 15 is 0 Å². The molecule has 0 saturated carbocycles. The molecule has 0 aliphatic heterocycles. The van der Waals surface area contributed by atoms with Gasteiger partial charge in [-0.2, -0.15) is 5.10 Å². The molecule has 0 spiro atoms. The summed E-state index contributed by atoms with van der Waals surface area (Å²) in [4.78, 5) is 7.84. The number of aromatic nitrogens is 4. The number of nitrogens with zero attached hydrogens (tertiary/aromatic N) is 2. The number of nitrogens with one attached hydrogen (secondary N) is 2. The van der Waals surface area contributed by atoms with Gasteiger partial charge in [-0.1, -0.05) is 20.8 Å². The summed E-state index contributed by atoms with van der Waals surface area (Å²) in [6.07, 6.45) is 6.89. The Labute approximate surface area is 108 Å². The van der Waals surface area contributed by atoms with Crippen molar-refractivity contribution in [3.63, 3.8) is 0 Å². The van der Waals surface area contributed by atoms with Crippen LogP contribution in [-0.2, 0) is 19.3 Å². The summed E-state index contributed by atoms with van der Waals surface area (Å²) in [7, 11) is 0. The SMILES string of the molecule is CC(C)Cc1ncc(CC(C)Cc2cc[nH]n2)[nH]1. The zero-order chi connectivity index (χ0) is 13.0. The summed E-state index contributed by atoms with van der Waals surface area (Å²) in [5, 5.41) is 7.05. The largest absolute Gasteiger partial charge is 0.346 e. The van der Waals surface area contributed by atoms with Gasteiger partial charge in [0.2, 0.25) is 0 Å². The molecular formula is C14H22N4. The molecule has 2 rings (SSSR count). The minimum atomic E-state index is 0.570. The molecule has 0 radical (unpaired) electrons. The van der Waals surface area contributed by atoms with E-state index in [2.05, 4.69) is 40.9 Å². The molecule has 4 heteroatoms. The van der Waals surface area contributed by atoms with Crippen molar-refractivity contribution in [1.82, 2.24) is 20.2 Å². The Kier molecular flexibility index (Phi) is 4.18. The zero-order valence-corrected chi connectivity index (χ0v) is 11.4. The van der Waals surface area contributed by atoms with Crippen LogP contribution in [0.4, 0.5) is 0 Å². The summed E-state index contributed by atoms with van der Waals surface area (Å²) in [6, 6.07) is 2.04. The molecule has 2 aromatic heterocycles. The standard InChI is InChI=1S/C14H22N4/c1-10(2)6-14-15-9-13(17-14)8-11(3)7-12-4-5-16-18-12/h4-5,9-11H,6-8H2,1-3H3,(H,15,17)(H,16,18). The van der Waals surface area contributed by atoms with Gasteiger partial charge < -0.3 is 4.98 Å². The average molecular weight is 246 g/mol. The van der Waals surface area contributed by atoms with Crippen LogP contribution in [0, 0.1) is 11.8 Å². The Morgan fingerprint density at radius 2 is 2.00 bits per heavy atom. The second-order valence-corrected chi connectivity index (χ2v) is 5.53. The van der Waals surface area contributed by atoms with Crippen LogP contribution in [0.5, 0.6) is 0 Å². The van der Waals surface area contributed by atoms with Crippen molar-refractivity contribution < 1.29 is 0 Å². The molecule has 1 atom stereocenters. The second kappa shape index (κ2) is 5.85. The van der Waals surface area contributed by atoms with E-state index in [1.54, 1.807) is 0 Å². The molecule has 0 aliphatic rings. The normalized spacial score (nSPS) is 13.1. The van der Waals surface area contributed by atoms with Crippen molar-refractivity contribution in [1.29, 1.82) is 0 Å². The monoisotopic (exact) mass is 246 g/mol. The van der Waals surface area contributed by atoms with E-state index in [-0.39, 0.29) is 0 Å². The van der Waals surface area contributed by atoms with E-state index in [1.807, 2.05) is 18.5 Å². The number of hydrogen-bond acceptors (Lipinski definition) is 2. The number of rotatable bonds is 6. The predicted octanol–water partition coefficient (Wildman–Crippen LogP) is 2.75. The quantitative estimate of drug-likeness (QED) is 0.823. The van der Waals surface area contributed by atoms with Crippen molar-refractivity contribution in [3.8, 4) is 0 Å². The average Bonchev–Trinajstić information content (AvgIpc) is 2.89. The molecular weight excluding hydrogens is 224 g/mol. The highest BCUT2D eigenvalue weighted by Crippen LogP contribution is 2.12. The molecule has 0 bridgehead atoms. The van der Waals surface area contributed by atoms with E-state index in [1.165, 1.54) is 5.69 Å². The minimum absolute atomic E-state index is 0.570. The highest BCUT2D eigenvalue weighted by atomic mass is 15.1. The first-order valence-electron chi connectivity index (χ1n) is 6.65. The van der Waals surface area contributed by atoms with Gasteiger partial charge in [0.1, 0.15) is 5.82 Å². The van der Waals surface area contributed by atoms with Gasteiger partial charge in [-0.05, 0) is 30.7 Å². The third-order valence-electron chi connectivity index (χ3n) is 2.97. The van der Waals surface area contributed by atoms with Gasteiger partial charge in [-0.25, -0.2) is 4.98 Å².